The maximum absolute atomic E-state index is 4.51. The minimum Gasteiger partial charge on any atom is -0.357 e. The number of hydrogen-bond acceptors (Lipinski definition) is 2. The molecule has 0 amide bonds. The first-order valence-corrected chi connectivity index (χ1v) is 6.32. The topological polar surface area (TPSA) is 36.4 Å². The lowest BCUT2D eigenvalue weighted by molar-refractivity contribution is 0.862. The third kappa shape index (κ3) is 6.07. The Kier molecular flexibility index (Phi) is 9.16. The zero-order chi connectivity index (χ0) is 11.8. The quantitative estimate of drug-likeness (QED) is 0.364. The molecule has 0 aliphatic rings. The van der Waals surface area contributed by atoms with Crippen molar-refractivity contribution in [2.75, 3.05) is 13.1 Å². The molecule has 2 N–H and O–H groups in total. The summed E-state index contributed by atoms with van der Waals surface area (Å²) in [5.41, 5.74) is 1.31. The molecule has 0 saturated heterocycles. The molecule has 1 aromatic heterocycles. The highest BCUT2D eigenvalue weighted by molar-refractivity contribution is 14.0. The number of nitrogens with one attached hydrogen (secondary N) is 2. The van der Waals surface area contributed by atoms with Gasteiger partial charge in [0.2, 0.25) is 0 Å². The van der Waals surface area contributed by atoms with E-state index in [2.05, 4.69) is 47.5 Å². The molecular weight excluding hydrogens is 345 g/mol. The van der Waals surface area contributed by atoms with Crippen LogP contribution < -0.4 is 10.6 Å². The predicted molar refractivity (Wildman–Crippen MR) is 87.5 cm³/mol. The summed E-state index contributed by atoms with van der Waals surface area (Å²) in [6, 6.07) is 2.12. The molecule has 0 bridgehead atoms. The number of rotatable bonds is 5. The van der Waals surface area contributed by atoms with E-state index in [1.165, 1.54) is 10.4 Å². The molecule has 1 heterocycles. The van der Waals surface area contributed by atoms with Gasteiger partial charge in [0.1, 0.15) is 0 Å². The average molecular weight is 365 g/mol. The minimum absolute atomic E-state index is 0. The Morgan fingerprint density at radius 2 is 2.29 bits per heavy atom. The van der Waals surface area contributed by atoms with E-state index in [4.69, 9.17) is 0 Å². The number of aryl methyl sites for hydroxylation is 1. The number of guanidine groups is 1. The van der Waals surface area contributed by atoms with Crippen molar-refractivity contribution < 1.29 is 0 Å². The van der Waals surface area contributed by atoms with Gasteiger partial charge in [-0.05, 0) is 30.9 Å². The summed E-state index contributed by atoms with van der Waals surface area (Å²) >= 11 is 1.75. The molecule has 0 atom stereocenters. The van der Waals surface area contributed by atoms with Crippen LogP contribution in [-0.4, -0.2) is 19.0 Å². The van der Waals surface area contributed by atoms with Crippen LogP contribution in [0.5, 0.6) is 0 Å². The molecule has 0 spiro atoms. The normalized spacial score (nSPS) is 10.6. The van der Waals surface area contributed by atoms with Crippen molar-refractivity contribution in [3.05, 3.63) is 34.5 Å². The van der Waals surface area contributed by atoms with Gasteiger partial charge >= 0.3 is 0 Å². The van der Waals surface area contributed by atoms with Gasteiger partial charge in [-0.1, -0.05) is 6.08 Å². The van der Waals surface area contributed by atoms with Crippen molar-refractivity contribution in [2.24, 2.45) is 4.99 Å². The van der Waals surface area contributed by atoms with Crippen molar-refractivity contribution in [3.63, 3.8) is 0 Å². The summed E-state index contributed by atoms with van der Waals surface area (Å²) in [4.78, 5) is 5.83. The highest BCUT2D eigenvalue weighted by atomic mass is 127. The smallest absolute Gasteiger partial charge is 0.191 e. The fourth-order valence-corrected chi connectivity index (χ4v) is 2.06. The zero-order valence-electron chi connectivity index (χ0n) is 10.3. The van der Waals surface area contributed by atoms with Crippen LogP contribution >= 0.6 is 35.3 Å². The predicted octanol–water partition coefficient (Wildman–Crippen LogP) is 2.92. The first-order chi connectivity index (χ1) is 7.77. The van der Waals surface area contributed by atoms with E-state index < -0.39 is 0 Å². The standard InChI is InChI=1S/C12H19N3S.HI/c1-4-7-14-12(13-5-2)15-9-11-10(3)6-8-16-11;/h4,6,8H,1,5,7,9H2,2-3H3,(H2,13,14,15);1H. The fourth-order valence-electron chi connectivity index (χ4n) is 1.23. The monoisotopic (exact) mass is 365 g/mol. The highest BCUT2D eigenvalue weighted by Crippen LogP contribution is 2.16. The molecule has 1 rings (SSSR count). The van der Waals surface area contributed by atoms with Crippen molar-refractivity contribution in [3.8, 4) is 0 Å². The van der Waals surface area contributed by atoms with Gasteiger partial charge in [0.05, 0.1) is 6.54 Å². The van der Waals surface area contributed by atoms with Gasteiger partial charge in [0.15, 0.2) is 5.96 Å². The molecular formula is C12H20IN3S. The van der Waals surface area contributed by atoms with Crippen LogP contribution in [0.15, 0.2) is 29.1 Å². The van der Waals surface area contributed by atoms with Crippen LogP contribution in [0.2, 0.25) is 0 Å². The highest BCUT2D eigenvalue weighted by Gasteiger charge is 1.99. The number of nitrogens with zero attached hydrogens (tertiary/aromatic N) is 1. The maximum Gasteiger partial charge on any atom is 0.191 e. The molecule has 0 aromatic carbocycles. The lowest BCUT2D eigenvalue weighted by Gasteiger charge is -2.08. The van der Waals surface area contributed by atoms with E-state index in [1.54, 1.807) is 11.3 Å². The summed E-state index contributed by atoms with van der Waals surface area (Å²) in [6.45, 7) is 10.2. The van der Waals surface area contributed by atoms with Crippen LogP contribution in [-0.2, 0) is 6.54 Å². The minimum atomic E-state index is 0. The Bertz CT molecular complexity index is 360. The summed E-state index contributed by atoms with van der Waals surface area (Å²) in [5, 5.41) is 8.47. The van der Waals surface area contributed by atoms with E-state index in [-0.39, 0.29) is 24.0 Å². The van der Waals surface area contributed by atoms with E-state index in [0.29, 0.717) is 0 Å². The van der Waals surface area contributed by atoms with Gasteiger partial charge in [0.25, 0.3) is 0 Å². The lowest BCUT2D eigenvalue weighted by atomic mass is 10.3. The molecule has 0 saturated carbocycles. The van der Waals surface area contributed by atoms with Gasteiger partial charge in [-0.2, -0.15) is 0 Å². The fraction of sp³-hybridized carbons (Fsp3) is 0.417. The zero-order valence-corrected chi connectivity index (χ0v) is 13.5. The number of aliphatic imine (C=N–C) groups is 1. The van der Waals surface area contributed by atoms with Crippen molar-refractivity contribution in [2.45, 2.75) is 20.4 Å². The summed E-state index contributed by atoms with van der Waals surface area (Å²) in [5.74, 6) is 0.843. The van der Waals surface area contributed by atoms with Crippen molar-refractivity contribution >= 4 is 41.3 Å². The van der Waals surface area contributed by atoms with Crippen LogP contribution in [0.3, 0.4) is 0 Å². The molecule has 3 nitrogen and oxygen atoms in total. The second kappa shape index (κ2) is 9.47. The molecule has 17 heavy (non-hydrogen) atoms. The van der Waals surface area contributed by atoms with E-state index in [1.807, 2.05) is 6.08 Å². The Hall–Kier alpha value is -0.560. The third-order valence-corrected chi connectivity index (χ3v) is 3.11. The van der Waals surface area contributed by atoms with Crippen LogP contribution in [0.4, 0.5) is 0 Å². The van der Waals surface area contributed by atoms with Gasteiger partial charge in [-0.15, -0.1) is 41.9 Å². The molecule has 5 heteroatoms. The Morgan fingerprint density at radius 1 is 1.53 bits per heavy atom. The Balaban J connectivity index is 0.00000256. The molecule has 0 aliphatic heterocycles. The number of hydrogen-bond donors (Lipinski definition) is 2. The molecule has 0 radical (unpaired) electrons. The van der Waals surface area contributed by atoms with E-state index in [0.717, 1.165) is 25.6 Å². The second-order valence-electron chi connectivity index (χ2n) is 3.39. The van der Waals surface area contributed by atoms with Crippen molar-refractivity contribution in [1.29, 1.82) is 0 Å². The Morgan fingerprint density at radius 3 is 2.82 bits per heavy atom. The SMILES string of the molecule is C=CCNC(=NCc1sccc1C)NCC.I. The van der Waals surface area contributed by atoms with Crippen LogP contribution in [0.1, 0.15) is 17.4 Å². The van der Waals surface area contributed by atoms with E-state index in [9.17, 15) is 0 Å². The number of halogens is 1. The summed E-state index contributed by atoms with van der Waals surface area (Å²) in [6.07, 6.45) is 1.82. The lowest BCUT2D eigenvalue weighted by Crippen LogP contribution is -2.37. The van der Waals surface area contributed by atoms with Gasteiger partial charge in [0, 0.05) is 18.0 Å². The summed E-state index contributed by atoms with van der Waals surface area (Å²) in [7, 11) is 0. The summed E-state index contributed by atoms with van der Waals surface area (Å²) < 4.78 is 0. The first-order valence-electron chi connectivity index (χ1n) is 5.44. The Labute approximate surface area is 124 Å². The van der Waals surface area contributed by atoms with E-state index >= 15 is 0 Å². The molecule has 96 valence electrons. The average Bonchev–Trinajstić information content (AvgIpc) is 2.68. The van der Waals surface area contributed by atoms with Gasteiger partial charge < -0.3 is 10.6 Å². The molecule has 1 aromatic rings. The van der Waals surface area contributed by atoms with Crippen LogP contribution in [0, 0.1) is 6.92 Å². The maximum atomic E-state index is 4.51. The largest absolute Gasteiger partial charge is 0.357 e. The molecule has 0 aliphatic carbocycles. The van der Waals surface area contributed by atoms with Gasteiger partial charge in [-0.3, -0.25) is 0 Å². The number of thiophene rings is 1. The third-order valence-electron chi connectivity index (χ3n) is 2.11. The first kappa shape index (κ1) is 16.4. The van der Waals surface area contributed by atoms with Gasteiger partial charge in [-0.25, -0.2) is 4.99 Å². The van der Waals surface area contributed by atoms with Crippen molar-refractivity contribution in [1.82, 2.24) is 10.6 Å². The second-order valence-corrected chi connectivity index (χ2v) is 4.39. The molecule has 0 unspecified atom stereocenters. The molecule has 0 fully saturated rings. The van der Waals surface area contributed by atoms with Crippen LogP contribution in [0.25, 0.3) is 0 Å².